The van der Waals surface area contributed by atoms with Crippen molar-refractivity contribution in [3.8, 4) is 6.07 Å². The predicted octanol–water partition coefficient (Wildman–Crippen LogP) is 2.24. The molecule has 1 aliphatic rings. The summed E-state index contributed by atoms with van der Waals surface area (Å²) in [5, 5.41) is 12.3. The quantitative estimate of drug-likeness (QED) is 0.657. The number of rotatable bonds is 4. The molecule has 0 amide bonds. The van der Waals surface area contributed by atoms with Gasteiger partial charge >= 0.3 is 0 Å². The van der Waals surface area contributed by atoms with E-state index >= 15 is 0 Å². The van der Waals surface area contributed by atoms with Crippen LogP contribution < -0.4 is 5.43 Å². The van der Waals surface area contributed by atoms with Gasteiger partial charge in [0.2, 0.25) is 5.71 Å². The summed E-state index contributed by atoms with van der Waals surface area (Å²) in [4.78, 5) is 11.5. The second-order valence-corrected chi connectivity index (χ2v) is 3.95. The minimum atomic E-state index is -0.838. The SMILES string of the molecule is N#C/C(=N\Nc1ccc(F)cc1F)C(=O)C1CC1. The maximum absolute atomic E-state index is 13.2. The Kier molecular flexibility index (Phi) is 3.33. The Morgan fingerprint density at radius 2 is 2.17 bits per heavy atom. The molecule has 92 valence electrons. The first-order chi connectivity index (χ1) is 8.61. The Balaban J connectivity index is 2.13. The topological polar surface area (TPSA) is 65.2 Å². The Bertz CT molecular complexity index is 559. The van der Waals surface area contributed by atoms with Gasteiger partial charge in [-0.1, -0.05) is 0 Å². The first kappa shape index (κ1) is 12.2. The second-order valence-electron chi connectivity index (χ2n) is 3.95. The minimum absolute atomic E-state index is 0.0900. The average Bonchev–Trinajstić information content (AvgIpc) is 3.16. The van der Waals surface area contributed by atoms with Crippen molar-refractivity contribution in [1.29, 1.82) is 5.26 Å². The van der Waals surface area contributed by atoms with Gasteiger partial charge in [-0.3, -0.25) is 10.2 Å². The van der Waals surface area contributed by atoms with Gasteiger partial charge in [-0.2, -0.15) is 10.4 Å². The van der Waals surface area contributed by atoms with Gasteiger partial charge in [0, 0.05) is 12.0 Å². The third kappa shape index (κ3) is 2.69. The van der Waals surface area contributed by atoms with Crippen molar-refractivity contribution in [2.75, 3.05) is 5.43 Å². The summed E-state index contributed by atoms with van der Waals surface area (Å²) in [6.45, 7) is 0. The van der Waals surface area contributed by atoms with Crippen LogP contribution in [0.4, 0.5) is 14.5 Å². The number of nitrogens with one attached hydrogen (secondary N) is 1. The van der Waals surface area contributed by atoms with Gasteiger partial charge < -0.3 is 0 Å². The van der Waals surface area contributed by atoms with Gasteiger partial charge in [-0.15, -0.1) is 0 Å². The highest BCUT2D eigenvalue weighted by molar-refractivity contribution is 6.47. The first-order valence-electron chi connectivity index (χ1n) is 5.35. The molecule has 0 radical (unpaired) electrons. The van der Waals surface area contributed by atoms with Crippen LogP contribution in [0.5, 0.6) is 0 Å². The minimum Gasteiger partial charge on any atom is -0.291 e. The number of hydrogen-bond acceptors (Lipinski definition) is 4. The molecule has 0 heterocycles. The van der Waals surface area contributed by atoms with E-state index in [1.807, 2.05) is 0 Å². The van der Waals surface area contributed by atoms with Crippen molar-refractivity contribution in [3.05, 3.63) is 29.8 Å². The zero-order chi connectivity index (χ0) is 13.1. The molecule has 1 saturated carbocycles. The lowest BCUT2D eigenvalue weighted by atomic mass is 10.2. The summed E-state index contributed by atoms with van der Waals surface area (Å²) in [5.41, 5.74) is 1.88. The predicted molar refractivity (Wildman–Crippen MR) is 60.8 cm³/mol. The highest BCUT2D eigenvalue weighted by atomic mass is 19.1. The summed E-state index contributed by atoms with van der Waals surface area (Å²) >= 11 is 0. The zero-order valence-corrected chi connectivity index (χ0v) is 9.28. The van der Waals surface area contributed by atoms with E-state index in [1.165, 1.54) is 0 Å². The number of carbonyl (C=O) groups excluding carboxylic acids is 1. The van der Waals surface area contributed by atoms with Gasteiger partial charge in [0.1, 0.15) is 11.9 Å². The van der Waals surface area contributed by atoms with E-state index in [0.717, 1.165) is 25.0 Å². The monoisotopic (exact) mass is 249 g/mol. The van der Waals surface area contributed by atoms with Gasteiger partial charge in [-0.25, -0.2) is 8.78 Å². The van der Waals surface area contributed by atoms with E-state index < -0.39 is 11.6 Å². The van der Waals surface area contributed by atoms with Crippen LogP contribution >= 0.6 is 0 Å². The number of nitriles is 1. The Hall–Kier alpha value is -2.29. The van der Waals surface area contributed by atoms with Crippen molar-refractivity contribution in [2.24, 2.45) is 11.0 Å². The number of hydrazone groups is 1. The van der Waals surface area contributed by atoms with E-state index in [0.29, 0.717) is 6.07 Å². The van der Waals surface area contributed by atoms with Crippen molar-refractivity contribution >= 4 is 17.2 Å². The first-order valence-corrected chi connectivity index (χ1v) is 5.35. The molecule has 0 aromatic heterocycles. The molecule has 1 N–H and O–H groups in total. The number of halogens is 2. The van der Waals surface area contributed by atoms with Crippen LogP contribution in [0.1, 0.15) is 12.8 Å². The van der Waals surface area contributed by atoms with Crippen molar-refractivity contribution in [1.82, 2.24) is 0 Å². The van der Waals surface area contributed by atoms with Crippen LogP contribution in [0.2, 0.25) is 0 Å². The third-order valence-electron chi connectivity index (χ3n) is 2.51. The van der Waals surface area contributed by atoms with Crippen LogP contribution in [0.25, 0.3) is 0 Å². The van der Waals surface area contributed by atoms with E-state index in [9.17, 15) is 13.6 Å². The van der Waals surface area contributed by atoms with Crippen LogP contribution in [0, 0.1) is 28.9 Å². The molecular weight excluding hydrogens is 240 g/mol. The number of carbonyl (C=O) groups is 1. The van der Waals surface area contributed by atoms with Gasteiger partial charge in [-0.05, 0) is 25.0 Å². The molecule has 1 aromatic carbocycles. The lowest BCUT2D eigenvalue weighted by Gasteiger charge is -2.02. The summed E-state index contributed by atoms with van der Waals surface area (Å²) < 4.78 is 25.9. The normalized spacial score (nSPS) is 15.1. The molecule has 0 aliphatic heterocycles. The highest BCUT2D eigenvalue weighted by Crippen LogP contribution is 2.30. The van der Waals surface area contributed by atoms with E-state index in [4.69, 9.17) is 5.26 Å². The van der Waals surface area contributed by atoms with Crippen LogP contribution in [-0.2, 0) is 4.79 Å². The zero-order valence-electron chi connectivity index (χ0n) is 9.28. The molecular formula is C12H9F2N3O. The molecule has 0 unspecified atom stereocenters. The Morgan fingerprint density at radius 1 is 1.44 bits per heavy atom. The summed E-state index contributed by atoms with van der Waals surface area (Å²) in [6, 6.07) is 4.55. The fraction of sp³-hybridized carbons (Fsp3) is 0.250. The fourth-order valence-corrected chi connectivity index (χ4v) is 1.37. The van der Waals surface area contributed by atoms with E-state index in [2.05, 4.69) is 10.5 Å². The molecule has 2 rings (SSSR count). The fourth-order valence-electron chi connectivity index (χ4n) is 1.37. The number of ketones is 1. The molecule has 0 saturated heterocycles. The molecule has 6 heteroatoms. The summed E-state index contributed by atoms with van der Waals surface area (Å²) in [7, 11) is 0. The molecule has 1 aromatic rings. The maximum Gasteiger partial charge on any atom is 0.203 e. The standard InChI is InChI=1S/C12H9F2N3O/c13-8-3-4-10(9(14)5-8)16-17-11(6-15)12(18)7-1-2-7/h3-5,7,16H,1-2H2/b17-11+. The Labute approximate surface area is 102 Å². The number of anilines is 1. The van der Waals surface area contributed by atoms with Gasteiger partial charge in [0.25, 0.3) is 0 Å². The van der Waals surface area contributed by atoms with Crippen LogP contribution in [0.15, 0.2) is 23.3 Å². The molecule has 1 aliphatic carbocycles. The van der Waals surface area contributed by atoms with Gasteiger partial charge in [0.15, 0.2) is 11.6 Å². The van der Waals surface area contributed by atoms with Crippen LogP contribution in [0.3, 0.4) is 0 Å². The molecule has 0 bridgehead atoms. The summed E-state index contributed by atoms with van der Waals surface area (Å²) in [5.74, 6) is -2.03. The van der Waals surface area contributed by atoms with Crippen molar-refractivity contribution in [2.45, 2.75) is 12.8 Å². The number of hydrogen-bond donors (Lipinski definition) is 1. The van der Waals surface area contributed by atoms with E-state index in [-0.39, 0.29) is 23.1 Å². The molecule has 0 spiro atoms. The second kappa shape index (κ2) is 4.92. The smallest absolute Gasteiger partial charge is 0.203 e. The molecule has 4 nitrogen and oxygen atoms in total. The number of Topliss-reactive ketones (excluding diaryl/α,β-unsaturated/α-hetero) is 1. The highest BCUT2D eigenvalue weighted by Gasteiger charge is 2.33. The lowest BCUT2D eigenvalue weighted by molar-refractivity contribution is -0.113. The molecule has 1 fully saturated rings. The van der Waals surface area contributed by atoms with Crippen LogP contribution in [-0.4, -0.2) is 11.5 Å². The lowest BCUT2D eigenvalue weighted by Crippen LogP contribution is -2.15. The maximum atomic E-state index is 13.2. The largest absolute Gasteiger partial charge is 0.291 e. The van der Waals surface area contributed by atoms with E-state index in [1.54, 1.807) is 6.07 Å². The van der Waals surface area contributed by atoms with Gasteiger partial charge in [0.05, 0.1) is 5.69 Å². The Morgan fingerprint density at radius 3 is 2.72 bits per heavy atom. The number of benzene rings is 1. The summed E-state index contributed by atoms with van der Waals surface area (Å²) in [6.07, 6.45) is 1.51. The van der Waals surface area contributed by atoms with Crippen molar-refractivity contribution < 1.29 is 13.6 Å². The molecule has 0 atom stereocenters. The third-order valence-corrected chi connectivity index (χ3v) is 2.51. The van der Waals surface area contributed by atoms with Crippen molar-refractivity contribution in [3.63, 3.8) is 0 Å². The molecule has 18 heavy (non-hydrogen) atoms. The average molecular weight is 249 g/mol. The number of nitrogens with zero attached hydrogens (tertiary/aromatic N) is 2.